The number of aliphatic hydroxyl groups excluding tert-OH is 1. The van der Waals surface area contributed by atoms with Crippen molar-refractivity contribution >= 4 is 53.1 Å². The molecule has 0 radical (unpaired) electrons. The summed E-state index contributed by atoms with van der Waals surface area (Å²) in [4.78, 5) is 4.38. The number of nitrogens with one attached hydrogen (secondary N) is 2. The lowest BCUT2D eigenvalue weighted by Gasteiger charge is -2.10. The van der Waals surface area contributed by atoms with Gasteiger partial charge in [-0.1, -0.05) is 23.2 Å². The fourth-order valence-electron chi connectivity index (χ4n) is 1.42. The van der Waals surface area contributed by atoms with Crippen molar-refractivity contribution in [1.29, 1.82) is 0 Å². The Hall–Kier alpha value is -0.180. The van der Waals surface area contributed by atoms with E-state index in [4.69, 9.17) is 28.3 Å². The van der Waals surface area contributed by atoms with Crippen molar-refractivity contribution in [1.82, 2.24) is 15.2 Å². The molecule has 0 fully saturated rings. The molecule has 110 valence electrons. The summed E-state index contributed by atoms with van der Waals surface area (Å²) in [6.45, 7) is 3.72. The topological polar surface area (TPSA) is 61.6 Å². The first kappa shape index (κ1) is 18.8. The molecule has 0 atom stereocenters. The van der Waals surface area contributed by atoms with E-state index in [1.165, 1.54) is 0 Å². The quantitative estimate of drug-likeness (QED) is 0.388. The van der Waals surface area contributed by atoms with Crippen LogP contribution in [0.25, 0.3) is 0 Å². The molecule has 0 aliphatic carbocycles. The van der Waals surface area contributed by atoms with Crippen LogP contribution in [-0.2, 0) is 13.6 Å². The Labute approximate surface area is 140 Å². The highest BCUT2D eigenvalue weighted by Crippen LogP contribution is 2.25. The molecular weight excluding hydrogens is 402 g/mol. The normalized spacial score (nSPS) is 11.1. The highest BCUT2D eigenvalue weighted by atomic mass is 127. The Morgan fingerprint density at radius 2 is 2.11 bits per heavy atom. The minimum Gasteiger partial charge on any atom is -0.395 e. The largest absolute Gasteiger partial charge is 0.395 e. The molecule has 1 aromatic rings. The van der Waals surface area contributed by atoms with Crippen LogP contribution >= 0.6 is 47.2 Å². The van der Waals surface area contributed by atoms with Gasteiger partial charge in [0.15, 0.2) is 5.96 Å². The number of hydrogen-bond donors (Lipinski definition) is 3. The van der Waals surface area contributed by atoms with Gasteiger partial charge in [0.2, 0.25) is 0 Å². The van der Waals surface area contributed by atoms with Gasteiger partial charge in [-0.05, 0) is 13.0 Å². The lowest BCUT2D eigenvalue weighted by Crippen LogP contribution is -2.38. The Balaban J connectivity index is 0.00000324. The van der Waals surface area contributed by atoms with Crippen LogP contribution in [0.3, 0.4) is 0 Å². The molecule has 0 bridgehead atoms. The number of hydrogen-bond acceptors (Lipinski definition) is 2. The van der Waals surface area contributed by atoms with E-state index in [0.29, 0.717) is 29.2 Å². The fraction of sp³-hybridized carbons (Fsp3) is 0.545. The van der Waals surface area contributed by atoms with Crippen molar-refractivity contribution in [2.45, 2.75) is 13.5 Å². The van der Waals surface area contributed by atoms with Gasteiger partial charge in [-0.25, -0.2) is 4.99 Å². The van der Waals surface area contributed by atoms with Crippen LogP contribution in [0.4, 0.5) is 0 Å². The fourth-order valence-corrected chi connectivity index (χ4v) is 1.83. The highest BCUT2D eigenvalue weighted by Gasteiger charge is 2.08. The number of nitrogens with zero attached hydrogens (tertiary/aromatic N) is 2. The minimum atomic E-state index is 0. The van der Waals surface area contributed by atoms with Crippen LogP contribution < -0.4 is 10.6 Å². The van der Waals surface area contributed by atoms with Gasteiger partial charge in [0.25, 0.3) is 0 Å². The van der Waals surface area contributed by atoms with E-state index in [1.54, 1.807) is 10.6 Å². The monoisotopic (exact) mass is 420 g/mol. The van der Waals surface area contributed by atoms with Crippen LogP contribution in [-0.4, -0.2) is 35.3 Å². The second kappa shape index (κ2) is 9.68. The third-order valence-electron chi connectivity index (χ3n) is 2.36. The molecule has 0 unspecified atom stereocenters. The molecule has 1 heterocycles. The van der Waals surface area contributed by atoms with E-state index >= 15 is 0 Å². The Kier molecular flexibility index (Phi) is 9.59. The van der Waals surface area contributed by atoms with Crippen molar-refractivity contribution in [2.75, 3.05) is 19.7 Å². The zero-order valence-electron chi connectivity index (χ0n) is 10.9. The first-order valence-electron chi connectivity index (χ1n) is 5.72. The van der Waals surface area contributed by atoms with Crippen LogP contribution in [0, 0.1) is 0 Å². The average Bonchev–Trinajstić information content (AvgIpc) is 2.60. The number of aromatic nitrogens is 1. The van der Waals surface area contributed by atoms with Gasteiger partial charge in [-0.2, -0.15) is 0 Å². The maximum atomic E-state index is 8.77. The summed E-state index contributed by atoms with van der Waals surface area (Å²) in [6, 6.07) is 1.79. The molecule has 0 saturated carbocycles. The predicted molar refractivity (Wildman–Crippen MR) is 90.8 cm³/mol. The summed E-state index contributed by atoms with van der Waals surface area (Å²) in [5, 5.41) is 15.9. The molecule has 0 saturated heterocycles. The lowest BCUT2D eigenvalue weighted by atomic mass is 10.4. The van der Waals surface area contributed by atoms with Gasteiger partial charge in [-0.3, -0.25) is 0 Å². The molecule has 19 heavy (non-hydrogen) atoms. The lowest BCUT2D eigenvalue weighted by molar-refractivity contribution is 0.300. The standard InChI is InChI=1S/C11H18Cl2N4O.HI/c1-3-14-11(15-4-5-18)16-7-8-6-9(12)10(13)17(8)2;/h6,18H,3-5,7H2,1-2H3,(H2,14,15,16);1H. The second-order valence-corrected chi connectivity index (χ2v) is 4.44. The van der Waals surface area contributed by atoms with Crippen LogP contribution in [0.1, 0.15) is 12.6 Å². The molecule has 1 rings (SSSR count). The zero-order valence-corrected chi connectivity index (χ0v) is 14.8. The van der Waals surface area contributed by atoms with Crippen molar-refractivity contribution in [3.63, 3.8) is 0 Å². The molecule has 0 amide bonds. The third-order valence-corrected chi connectivity index (χ3v) is 3.21. The smallest absolute Gasteiger partial charge is 0.191 e. The van der Waals surface area contributed by atoms with Gasteiger partial charge in [0, 0.05) is 25.8 Å². The minimum absolute atomic E-state index is 0. The van der Waals surface area contributed by atoms with Gasteiger partial charge in [0.1, 0.15) is 5.15 Å². The summed E-state index contributed by atoms with van der Waals surface area (Å²) >= 11 is 11.9. The Morgan fingerprint density at radius 1 is 1.42 bits per heavy atom. The van der Waals surface area contributed by atoms with E-state index in [-0.39, 0.29) is 30.6 Å². The number of halogens is 3. The second-order valence-electron chi connectivity index (χ2n) is 3.68. The van der Waals surface area contributed by atoms with E-state index in [2.05, 4.69) is 15.6 Å². The number of aliphatic hydroxyl groups is 1. The summed E-state index contributed by atoms with van der Waals surface area (Å²) < 4.78 is 1.79. The van der Waals surface area contributed by atoms with E-state index in [9.17, 15) is 0 Å². The molecule has 5 nitrogen and oxygen atoms in total. The molecule has 1 aromatic heterocycles. The van der Waals surface area contributed by atoms with Gasteiger partial charge >= 0.3 is 0 Å². The number of aliphatic imine (C=N–C) groups is 1. The summed E-state index contributed by atoms with van der Waals surface area (Å²) in [5.41, 5.74) is 0.922. The van der Waals surface area contributed by atoms with Crippen molar-refractivity contribution in [3.8, 4) is 0 Å². The maximum absolute atomic E-state index is 8.77. The van der Waals surface area contributed by atoms with E-state index in [1.807, 2.05) is 14.0 Å². The van der Waals surface area contributed by atoms with Crippen LogP contribution in [0.15, 0.2) is 11.1 Å². The van der Waals surface area contributed by atoms with Crippen LogP contribution in [0.2, 0.25) is 10.2 Å². The molecule has 3 N–H and O–H groups in total. The molecule has 0 aliphatic heterocycles. The third kappa shape index (κ3) is 5.76. The molecule has 8 heteroatoms. The first-order chi connectivity index (χ1) is 8.60. The van der Waals surface area contributed by atoms with Crippen molar-refractivity contribution < 1.29 is 5.11 Å². The van der Waals surface area contributed by atoms with Gasteiger partial charge in [0.05, 0.1) is 18.2 Å². The first-order valence-corrected chi connectivity index (χ1v) is 6.48. The average molecular weight is 421 g/mol. The van der Waals surface area contributed by atoms with E-state index < -0.39 is 0 Å². The molecular formula is C11H19Cl2IN4O. The SMILES string of the molecule is CCNC(=NCc1cc(Cl)c(Cl)n1C)NCCO.I. The molecule has 0 aliphatic rings. The van der Waals surface area contributed by atoms with E-state index in [0.717, 1.165) is 12.2 Å². The Morgan fingerprint density at radius 3 is 2.58 bits per heavy atom. The number of rotatable bonds is 5. The van der Waals surface area contributed by atoms with Gasteiger partial charge in [-0.15, -0.1) is 24.0 Å². The predicted octanol–water partition coefficient (Wildman–Crippen LogP) is 2.00. The summed E-state index contributed by atoms with van der Waals surface area (Å²) in [6.07, 6.45) is 0. The number of guanidine groups is 1. The maximum Gasteiger partial charge on any atom is 0.191 e. The highest BCUT2D eigenvalue weighted by molar-refractivity contribution is 14.0. The summed E-state index contributed by atoms with van der Waals surface area (Å²) in [5.74, 6) is 0.653. The summed E-state index contributed by atoms with van der Waals surface area (Å²) in [7, 11) is 1.84. The Bertz CT molecular complexity index is 423. The molecule has 0 spiro atoms. The zero-order chi connectivity index (χ0) is 13.5. The van der Waals surface area contributed by atoms with Gasteiger partial charge < -0.3 is 20.3 Å². The van der Waals surface area contributed by atoms with Crippen molar-refractivity contribution in [2.24, 2.45) is 12.0 Å². The van der Waals surface area contributed by atoms with Crippen molar-refractivity contribution in [3.05, 3.63) is 21.9 Å². The van der Waals surface area contributed by atoms with Crippen LogP contribution in [0.5, 0.6) is 0 Å². The molecule has 0 aromatic carbocycles.